The Balaban J connectivity index is 1.32. The van der Waals surface area contributed by atoms with E-state index in [-0.39, 0.29) is 11.8 Å². The van der Waals surface area contributed by atoms with Crippen LogP contribution in [0, 0.1) is 0 Å². The maximum absolute atomic E-state index is 12.6. The number of nitrogens with one attached hydrogen (secondary N) is 1. The van der Waals surface area contributed by atoms with Gasteiger partial charge in [0.25, 0.3) is 5.91 Å². The second kappa shape index (κ2) is 8.19. The van der Waals surface area contributed by atoms with Crippen molar-refractivity contribution in [1.29, 1.82) is 0 Å². The zero-order valence-electron chi connectivity index (χ0n) is 14.9. The number of amides is 2. The number of nitrogens with zero attached hydrogens (tertiary/aromatic N) is 2. The number of likely N-dealkylation sites (tertiary alicyclic amines) is 1. The van der Waals surface area contributed by atoms with Crippen LogP contribution in [0.1, 0.15) is 40.5 Å². The van der Waals surface area contributed by atoms with Crippen LogP contribution in [0.3, 0.4) is 0 Å². The summed E-state index contributed by atoms with van der Waals surface area (Å²) in [6, 6.07) is 9.96. The number of thiophene rings is 1. The van der Waals surface area contributed by atoms with Crippen molar-refractivity contribution in [2.75, 3.05) is 19.6 Å². The molecule has 2 amide bonds. The van der Waals surface area contributed by atoms with Crippen molar-refractivity contribution in [3.63, 3.8) is 0 Å². The minimum absolute atomic E-state index is 0.103. The highest BCUT2D eigenvalue weighted by Crippen LogP contribution is 2.33. The van der Waals surface area contributed by atoms with Crippen LogP contribution in [0.2, 0.25) is 0 Å². The molecule has 5 nitrogen and oxygen atoms in total. The molecule has 1 atom stereocenters. The monoisotopic (exact) mass is 399 g/mol. The number of benzene rings is 1. The molecule has 4 rings (SSSR count). The lowest BCUT2D eigenvalue weighted by Gasteiger charge is -2.32. The number of para-hydroxylation sites is 1. The summed E-state index contributed by atoms with van der Waals surface area (Å²) in [5.74, 6) is 0.293. The molecule has 3 aromatic rings. The lowest BCUT2D eigenvalue weighted by atomic mass is 9.98. The van der Waals surface area contributed by atoms with Crippen molar-refractivity contribution in [3.05, 3.63) is 51.7 Å². The predicted molar refractivity (Wildman–Crippen MR) is 109 cm³/mol. The number of aromatic nitrogens is 1. The van der Waals surface area contributed by atoms with Gasteiger partial charge in [0.05, 0.1) is 15.2 Å². The minimum atomic E-state index is -0.116. The molecule has 0 radical (unpaired) electrons. The molecule has 1 aromatic carbocycles. The van der Waals surface area contributed by atoms with Crippen LogP contribution in [0.5, 0.6) is 0 Å². The molecule has 1 aliphatic rings. The highest BCUT2D eigenvalue weighted by molar-refractivity contribution is 7.18. The Morgan fingerprint density at radius 3 is 2.96 bits per heavy atom. The van der Waals surface area contributed by atoms with Crippen LogP contribution in [0.25, 0.3) is 10.2 Å². The van der Waals surface area contributed by atoms with Gasteiger partial charge in [-0.3, -0.25) is 9.59 Å². The molecule has 27 heavy (non-hydrogen) atoms. The third kappa shape index (κ3) is 4.20. The zero-order valence-corrected chi connectivity index (χ0v) is 16.5. The first-order valence-electron chi connectivity index (χ1n) is 9.14. The summed E-state index contributed by atoms with van der Waals surface area (Å²) in [5, 5.41) is 7.63. The fourth-order valence-electron chi connectivity index (χ4n) is 3.41. The minimum Gasteiger partial charge on any atom is -0.351 e. The fourth-order valence-corrected chi connectivity index (χ4v) is 5.14. The maximum Gasteiger partial charge on any atom is 0.252 e. The Labute approximate surface area is 166 Å². The molecule has 0 bridgehead atoms. The van der Waals surface area contributed by atoms with Gasteiger partial charge in [-0.25, -0.2) is 4.98 Å². The van der Waals surface area contributed by atoms with Gasteiger partial charge in [-0.2, -0.15) is 11.3 Å². The molecule has 1 saturated heterocycles. The summed E-state index contributed by atoms with van der Waals surface area (Å²) in [4.78, 5) is 31.2. The number of carbonyl (C=O) groups is 2. The number of thiazole rings is 1. The Morgan fingerprint density at radius 2 is 2.15 bits per heavy atom. The van der Waals surface area contributed by atoms with Crippen molar-refractivity contribution in [2.45, 2.75) is 25.2 Å². The van der Waals surface area contributed by atoms with Gasteiger partial charge in [-0.05, 0) is 36.4 Å². The Hall–Kier alpha value is -2.25. The molecular formula is C20H21N3O2S2. The summed E-state index contributed by atoms with van der Waals surface area (Å²) < 4.78 is 1.20. The molecule has 140 valence electrons. The van der Waals surface area contributed by atoms with E-state index in [9.17, 15) is 9.59 Å². The molecule has 3 heterocycles. The topological polar surface area (TPSA) is 62.3 Å². The van der Waals surface area contributed by atoms with Crippen LogP contribution in [-0.2, 0) is 4.79 Å². The molecule has 1 N–H and O–H groups in total. The second-order valence-electron chi connectivity index (χ2n) is 6.72. The summed E-state index contributed by atoms with van der Waals surface area (Å²) >= 11 is 3.22. The highest BCUT2D eigenvalue weighted by Gasteiger charge is 2.26. The quantitative estimate of drug-likeness (QED) is 0.708. The fraction of sp³-hybridized carbons (Fsp3) is 0.350. The second-order valence-corrected chi connectivity index (χ2v) is 8.56. The lowest BCUT2D eigenvalue weighted by Crippen LogP contribution is -2.40. The van der Waals surface area contributed by atoms with E-state index in [2.05, 4.69) is 11.4 Å². The number of fused-ring (bicyclic) bond motifs is 1. The standard InChI is InChI=1S/C20H21N3O2S2/c24-18(7-9-21-19(25)15-8-11-26-13-15)23-10-3-4-14(12-23)20-22-16-5-1-2-6-17(16)27-20/h1-2,5-6,8,11,13-14H,3-4,7,9-10,12H2,(H,21,25). The average Bonchev–Trinajstić information content (AvgIpc) is 3.37. The normalized spacial score (nSPS) is 17.2. The Bertz CT molecular complexity index is 903. The van der Waals surface area contributed by atoms with Crippen LogP contribution in [0.4, 0.5) is 0 Å². The molecule has 1 unspecified atom stereocenters. The molecule has 0 saturated carbocycles. The lowest BCUT2D eigenvalue weighted by molar-refractivity contribution is -0.132. The highest BCUT2D eigenvalue weighted by atomic mass is 32.1. The summed E-state index contributed by atoms with van der Waals surface area (Å²) in [6.45, 7) is 1.88. The molecule has 1 aliphatic heterocycles. The number of rotatable bonds is 5. The van der Waals surface area contributed by atoms with E-state index in [0.717, 1.165) is 36.5 Å². The maximum atomic E-state index is 12.6. The van der Waals surface area contributed by atoms with Gasteiger partial charge in [0.15, 0.2) is 0 Å². The third-order valence-corrected chi connectivity index (χ3v) is 6.72. The zero-order chi connectivity index (χ0) is 18.6. The van der Waals surface area contributed by atoms with Gasteiger partial charge in [0.1, 0.15) is 0 Å². The van der Waals surface area contributed by atoms with E-state index < -0.39 is 0 Å². The number of carbonyl (C=O) groups excluding carboxylic acids is 2. The van der Waals surface area contributed by atoms with E-state index in [1.165, 1.54) is 16.0 Å². The van der Waals surface area contributed by atoms with Crippen molar-refractivity contribution in [3.8, 4) is 0 Å². The smallest absolute Gasteiger partial charge is 0.252 e. The number of hydrogen-bond donors (Lipinski definition) is 1. The largest absolute Gasteiger partial charge is 0.351 e. The van der Waals surface area contributed by atoms with Crippen LogP contribution < -0.4 is 5.32 Å². The Morgan fingerprint density at radius 1 is 1.26 bits per heavy atom. The number of hydrogen-bond acceptors (Lipinski definition) is 5. The first-order chi connectivity index (χ1) is 13.2. The van der Waals surface area contributed by atoms with Crippen LogP contribution in [0.15, 0.2) is 41.1 Å². The van der Waals surface area contributed by atoms with Gasteiger partial charge in [-0.1, -0.05) is 12.1 Å². The summed E-state index contributed by atoms with van der Waals surface area (Å²) in [5.41, 5.74) is 1.69. The van der Waals surface area contributed by atoms with Crippen molar-refractivity contribution < 1.29 is 9.59 Å². The molecule has 0 aliphatic carbocycles. The van der Waals surface area contributed by atoms with E-state index in [1.54, 1.807) is 17.4 Å². The van der Waals surface area contributed by atoms with E-state index in [1.807, 2.05) is 33.9 Å². The van der Waals surface area contributed by atoms with Crippen molar-refractivity contribution >= 4 is 44.7 Å². The van der Waals surface area contributed by atoms with E-state index >= 15 is 0 Å². The summed E-state index contributed by atoms with van der Waals surface area (Å²) in [6.07, 6.45) is 2.40. The molecule has 7 heteroatoms. The third-order valence-electron chi connectivity index (χ3n) is 4.84. The SMILES string of the molecule is O=C(NCCC(=O)N1CCCC(c2nc3ccccc3s2)C1)c1ccsc1. The molecule has 2 aromatic heterocycles. The first-order valence-corrected chi connectivity index (χ1v) is 10.9. The molecular weight excluding hydrogens is 378 g/mol. The molecule has 1 fully saturated rings. The van der Waals surface area contributed by atoms with Gasteiger partial charge < -0.3 is 10.2 Å². The first kappa shape index (κ1) is 18.1. The molecule has 0 spiro atoms. The summed E-state index contributed by atoms with van der Waals surface area (Å²) in [7, 11) is 0. The van der Waals surface area contributed by atoms with Crippen molar-refractivity contribution in [2.24, 2.45) is 0 Å². The number of piperidine rings is 1. The van der Waals surface area contributed by atoms with Crippen molar-refractivity contribution in [1.82, 2.24) is 15.2 Å². The predicted octanol–water partition coefficient (Wildman–Crippen LogP) is 3.88. The van der Waals surface area contributed by atoms with Gasteiger partial charge in [-0.15, -0.1) is 11.3 Å². The Kier molecular flexibility index (Phi) is 5.50. The van der Waals surface area contributed by atoms with E-state index in [4.69, 9.17) is 4.98 Å². The van der Waals surface area contributed by atoms with E-state index in [0.29, 0.717) is 24.4 Å². The average molecular weight is 400 g/mol. The van der Waals surface area contributed by atoms with Gasteiger partial charge >= 0.3 is 0 Å². The van der Waals surface area contributed by atoms with Crippen LogP contribution in [-0.4, -0.2) is 41.3 Å². The van der Waals surface area contributed by atoms with Crippen LogP contribution >= 0.6 is 22.7 Å². The van der Waals surface area contributed by atoms with Gasteiger partial charge in [0, 0.05) is 42.9 Å². The van der Waals surface area contributed by atoms with Gasteiger partial charge in [0.2, 0.25) is 5.91 Å².